The Hall–Kier alpha value is -4.98. The zero-order valence-corrected chi connectivity index (χ0v) is 19.9. The summed E-state index contributed by atoms with van der Waals surface area (Å²) in [5, 5.41) is 39.7. The number of benzene rings is 4. The van der Waals surface area contributed by atoms with Crippen LogP contribution in [0.4, 0.5) is 0 Å². The number of hydrogen-bond donors (Lipinski definition) is 4. The van der Waals surface area contributed by atoms with Crippen LogP contribution in [-0.4, -0.2) is 32.0 Å². The second-order valence-corrected chi connectivity index (χ2v) is 9.35. The Morgan fingerprint density at radius 1 is 0.737 bits per heavy atom. The monoisotopic (exact) mass is 510 g/mol. The summed E-state index contributed by atoms with van der Waals surface area (Å²) in [6.07, 6.45) is -1.41. The summed E-state index contributed by atoms with van der Waals surface area (Å²) < 4.78 is 12.6. The first kappa shape index (κ1) is 23.4. The van der Waals surface area contributed by atoms with E-state index in [4.69, 9.17) is 9.47 Å². The Kier molecular flexibility index (Phi) is 5.45. The van der Waals surface area contributed by atoms with Crippen LogP contribution in [0, 0.1) is 0 Å². The third kappa shape index (κ3) is 3.87. The van der Waals surface area contributed by atoms with Crippen molar-refractivity contribution < 1.29 is 39.5 Å². The zero-order valence-electron chi connectivity index (χ0n) is 19.9. The number of ketones is 2. The maximum absolute atomic E-state index is 14.0. The molecule has 6 rings (SSSR count). The highest BCUT2D eigenvalue weighted by molar-refractivity contribution is 6.07. The summed E-state index contributed by atoms with van der Waals surface area (Å²) in [5.74, 6) is -1.53. The summed E-state index contributed by atoms with van der Waals surface area (Å²) in [6, 6.07) is 19.6. The van der Waals surface area contributed by atoms with Gasteiger partial charge in [0.2, 0.25) is 0 Å². The molecule has 2 aliphatic rings. The number of rotatable bonds is 4. The highest BCUT2D eigenvalue weighted by Crippen LogP contribution is 2.55. The van der Waals surface area contributed by atoms with E-state index in [1.54, 1.807) is 36.4 Å². The number of Topliss-reactive ketones (excluding diaryl/α,β-unsaturated/α-hetero) is 2. The third-order valence-electron chi connectivity index (χ3n) is 6.97. The van der Waals surface area contributed by atoms with E-state index in [2.05, 4.69) is 0 Å². The van der Waals surface area contributed by atoms with Crippen molar-refractivity contribution in [3.63, 3.8) is 0 Å². The second kappa shape index (κ2) is 8.85. The van der Waals surface area contributed by atoms with Gasteiger partial charge >= 0.3 is 0 Å². The van der Waals surface area contributed by atoms with Gasteiger partial charge in [-0.2, -0.15) is 0 Å². The van der Waals surface area contributed by atoms with E-state index < -0.39 is 29.7 Å². The smallest absolute Gasteiger partial charge is 0.178 e. The Balaban J connectivity index is 1.50. The minimum atomic E-state index is -1.01. The predicted octanol–water partition coefficient (Wildman–Crippen LogP) is 5.32. The predicted molar refractivity (Wildman–Crippen MR) is 135 cm³/mol. The molecule has 190 valence electrons. The molecule has 0 fully saturated rings. The average molecular weight is 510 g/mol. The molecule has 8 heteroatoms. The number of ether oxygens (including phenoxy) is 2. The van der Waals surface area contributed by atoms with Crippen LogP contribution in [0.2, 0.25) is 0 Å². The van der Waals surface area contributed by atoms with Crippen LogP contribution >= 0.6 is 0 Å². The minimum Gasteiger partial charge on any atom is -0.508 e. The summed E-state index contributed by atoms with van der Waals surface area (Å²) in [7, 11) is 0. The van der Waals surface area contributed by atoms with Crippen LogP contribution < -0.4 is 9.47 Å². The van der Waals surface area contributed by atoms with Crippen LogP contribution in [-0.2, 0) is 0 Å². The van der Waals surface area contributed by atoms with Gasteiger partial charge in [0.15, 0.2) is 11.6 Å². The van der Waals surface area contributed by atoms with Crippen LogP contribution in [0.1, 0.15) is 62.0 Å². The van der Waals surface area contributed by atoms with E-state index in [1.807, 2.05) is 0 Å². The normalized spacial score (nSPS) is 19.7. The first-order valence-electron chi connectivity index (χ1n) is 12.0. The van der Waals surface area contributed by atoms with Gasteiger partial charge in [0.25, 0.3) is 0 Å². The zero-order chi connectivity index (χ0) is 26.6. The largest absolute Gasteiger partial charge is 0.508 e. The fourth-order valence-corrected chi connectivity index (χ4v) is 5.11. The van der Waals surface area contributed by atoms with Gasteiger partial charge in [-0.3, -0.25) is 9.59 Å². The Bertz CT molecular complexity index is 1570. The highest BCUT2D eigenvalue weighted by Gasteiger charge is 2.46. The molecule has 0 saturated heterocycles. The Labute approximate surface area is 217 Å². The standard InChI is InChI=1S/C30H22O8/c31-17-5-1-15(2-6-17)25-14-23(35)21-11-12-24-26(30(21)38-25)27(28(36)20-10-9-19(33)13-22(20)34)29(37-24)16-3-7-18(32)8-4-16/h1-13,25,27,29,31-34H,14H2. The first-order chi connectivity index (χ1) is 18.3. The van der Waals surface area contributed by atoms with Crippen LogP contribution in [0.5, 0.6) is 34.5 Å². The maximum Gasteiger partial charge on any atom is 0.178 e. The molecule has 2 heterocycles. The quantitative estimate of drug-likeness (QED) is 0.271. The lowest BCUT2D eigenvalue weighted by atomic mass is 9.82. The number of phenolic OH excluding ortho intramolecular Hbond substituents is 4. The van der Waals surface area contributed by atoms with Crippen molar-refractivity contribution in [2.24, 2.45) is 0 Å². The molecule has 8 nitrogen and oxygen atoms in total. The molecular weight excluding hydrogens is 488 g/mol. The topological polar surface area (TPSA) is 134 Å². The number of carbonyl (C=O) groups is 2. The van der Waals surface area contributed by atoms with Crippen molar-refractivity contribution in [2.75, 3.05) is 0 Å². The van der Waals surface area contributed by atoms with Crippen LogP contribution in [0.3, 0.4) is 0 Å². The van der Waals surface area contributed by atoms with Crippen molar-refractivity contribution in [1.82, 2.24) is 0 Å². The summed E-state index contributed by atoms with van der Waals surface area (Å²) >= 11 is 0. The molecule has 0 saturated carbocycles. The molecule has 0 amide bonds. The van der Waals surface area contributed by atoms with Gasteiger partial charge in [-0.15, -0.1) is 0 Å². The summed E-state index contributed by atoms with van der Waals surface area (Å²) in [5.41, 5.74) is 1.97. The van der Waals surface area contributed by atoms with Gasteiger partial charge < -0.3 is 29.9 Å². The molecule has 0 bridgehead atoms. The van der Waals surface area contributed by atoms with E-state index in [0.717, 1.165) is 6.07 Å². The van der Waals surface area contributed by atoms with Gasteiger partial charge in [0.1, 0.15) is 46.7 Å². The van der Waals surface area contributed by atoms with Crippen molar-refractivity contribution in [1.29, 1.82) is 0 Å². The molecule has 4 aromatic rings. The molecule has 2 aliphatic heterocycles. The fourth-order valence-electron chi connectivity index (χ4n) is 5.11. The lowest BCUT2D eigenvalue weighted by Gasteiger charge is -2.28. The molecule has 0 spiro atoms. The first-order valence-corrected chi connectivity index (χ1v) is 12.0. The van der Waals surface area contributed by atoms with Crippen molar-refractivity contribution >= 4 is 11.6 Å². The van der Waals surface area contributed by atoms with Gasteiger partial charge in [0.05, 0.1) is 29.0 Å². The lowest BCUT2D eigenvalue weighted by Crippen LogP contribution is -2.24. The van der Waals surface area contributed by atoms with E-state index in [0.29, 0.717) is 28.0 Å². The van der Waals surface area contributed by atoms with Crippen molar-refractivity contribution in [3.05, 3.63) is 107 Å². The Morgan fingerprint density at radius 2 is 1.37 bits per heavy atom. The molecule has 3 atom stereocenters. The lowest BCUT2D eigenvalue weighted by molar-refractivity contribution is 0.0832. The van der Waals surface area contributed by atoms with Crippen LogP contribution in [0.15, 0.2) is 78.9 Å². The van der Waals surface area contributed by atoms with E-state index in [-0.39, 0.29) is 40.8 Å². The molecule has 4 aromatic carbocycles. The molecule has 3 unspecified atom stereocenters. The Morgan fingerprint density at radius 3 is 2.03 bits per heavy atom. The van der Waals surface area contributed by atoms with Gasteiger partial charge in [0, 0.05) is 6.07 Å². The van der Waals surface area contributed by atoms with Crippen molar-refractivity contribution in [3.8, 4) is 34.5 Å². The van der Waals surface area contributed by atoms with E-state index in [1.165, 1.54) is 36.4 Å². The third-order valence-corrected chi connectivity index (χ3v) is 6.97. The molecule has 0 aliphatic carbocycles. The van der Waals surface area contributed by atoms with Crippen molar-refractivity contribution in [2.45, 2.75) is 24.5 Å². The van der Waals surface area contributed by atoms with Crippen LogP contribution in [0.25, 0.3) is 0 Å². The number of carbonyl (C=O) groups excluding carboxylic acids is 2. The van der Waals surface area contributed by atoms with E-state index >= 15 is 0 Å². The van der Waals surface area contributed by atoms with E-state index in [9.17, 15) is 30.0 Å². The van der Waals surface area contributed by atoms with Gasteiger partial charge in [-0.05, 0) is 59.7 Å². The number of aromatic hydroxyl groups is 4. The minimum absolute atomic E-state index is 0.0251. The molecule has 38 heavy (non-hydrogen) atoms. The number of phenols is 4. The summed E-state index contributed by atoms with van der Waals surface area (Å²) in [6.45, 7) is 0. The molecule has 0 radical (unpaired) electrons. The molecule has 0 aromatic heterocycles. The highest BCUT2D eigenvalue weighted by atomic mass is 16.5. The maximum atomic E-state index is 14.0. The van der Waals surface area contributed by atoms with Gasteiger partial charge in [-0.25, -0.2) is 0 Å². The molecule has 4 N–H and O–H groups in total. The fraction of sp³-hybridized carbons (Fsp3) is 0.133. The average Bonchev–Trinajstić information content (AvgIpc) is 3.29. The number of hydrogen-bond acceptors (Lipinski definition) is 8. The molecular formula is C30H22O8. The van der Waals surface area contributed by atoms with Gasteiger partial charge in [-0.1, -0.05) is 24.3 Å². The second-order valence-electron chi connectivity index (χ2n) is 9.35. The SMILES string of the molecule is O=C1CC(c2ccc(O)cc2)Oc2c1ccc1c2C(C(=O)c2ccc(O)cc2O)C(c2ccc(O)cc2)O1. The summed E-state index contributed by atoms with van der Waals surface area (Å²) in [4.78, 5) is 27.2. The number of fused-ring (bicyclic) bond motifs is 3.